The first-order valence-electron chi connectivity index (χ1n) is 7.39. The van der Waals surface area contributed by atoms with E-state index in [0.717, 1.165) is 43.3 Å². The summed E-state index contributed by atoms with van der Waals surface area (Å²) in [6, 6.07) is 6.67. The second kappa shape index (κ2) is 6.75. The van der Waals surface area contributed by atoms with Crippen LogP contribution in [0.2, 0.25) is 0 Å². The molecule has 6 heteroatoms. The van der Waals surface area contributed by atoms with Crippen molar-refractivity contribution in [2.24, 2.45) is 0 Å². The van der Waals surface area contributed by atoms with Gasteiger partial charge in [0.05, 0.1) is 6.20 Å². The minimum atomic E-state index is -0.688. The number of rotatable bonds is 5. The molecule has 0 spiro atoms. The Kier molecular flexibility index (Phi) is 4.52. The van der Waals surface area contributed by atoms with E-state index < -0.39 is 11.6 Å². The van der Waals surface area contributed by atoms with Gasteiger partial charge in [0.1, 0.15) is 29.0 Å². The number of nitrogens with zero attached hydrogens (tertiary/aromatic N) is 1. The number of hydrogen-bond donors (Lipinski definition) is 2. The minimum absolute atomic E-state index is 0. The van der Waals surface area contributed by atoms with Crippen molar-refractivity contribution in [3.8, 4) is 11.5 Å². The van der Waals surface area contributed by atoms with Crippen LogP contribution in [-0.4, -0.2) is 17.6 Å². The first kappa shape index (κ1) is 15.4. The van der Waals surface area contributed by atoms with Crippen LogP contribution < -0.4 is 15.4 Å². The fourth-order valence-corrected chi connectivity index (χ4v) is 2.47. The number of ether oxygens (including phenoxy) is 1. The van der Waals surface area contributed by atoms with Gasteiger partial charge in [-0.15, -0.1) is 0 Å². The number of anilines is 1. The summed E-state index contributed by atoms with van der Waals surface area (Å²) in [5.41, 5.74) is 0.871. The third kappa shape index (κ3) is 4.04. The van der Waals surface area contributed by atoms with Gasteiger partial charge in [-0.3, -0.25) is 0 Å². The number of aromatic nitrogens is 1. The summed E-state index contributed by atoms with van der Waals surface area (Å²) in [6.07, 6.45) is 3.68. The molecule has 0 amide bonds. The Morgan fingerprint density at radius 2 is 2.04 bits per heavy atom. The van der Waals surface area contributed by atoms with E-state index in [4.69, 9.17) is 4.74 Å². The van der Waals surface area contributed by atoms with Crippen molar-refractivity contribution in [3.63, 3.8) is 0 Å². The lowest BCUT2D eigenvalue weighted by Gasteiger charge is -2.15. The Morgan fingerprint density at radius 1 is 1.26 bits per heavy atom. The number of benzene rings is 1. The number of halogens is 2. The first-order valence-corrected chi connectivity index (χ1v) is 7.39. The van der Waals surface area contributed by atoms with Crippen LogP contribution in [0.4, 0.5) is 14.6 Å². The molecule has 0 bridgehead atoms. The van der Waals surface area contributed by atoms with Crippen molar-refractivity contribution in [1.82, 2.24) is 10.3 Å². The van der Waals surface area contributed by atoms with Crippen LogP contribution in [-0.2, 0) is 0 Å². The van der Waals surface area contributed by atoms with Gasteiger partial charge in [0.15, 0.2) is 0 Å². The van der Waals surface area contributed by atoms with E-state index in [0.29, 0.717) is 11.6 Å². The molecule has 2 heterocycles. The Hall–Kier alpha value is -2.47. The predicted octanol–water partition coefficient (Wildman–Crippen LogP) is 4.08. The van der Waals surface area contributed by atoms with Crippen LogP contribution in [0, 0.1) is 11.6 Å². The zero-order chi connectivity index (χ0) is 16.2. The average Bonchev–Trinajstić information content (AvgIpc) is 3.02. The SMILES string of the molecule is C=C(Nc1ccc(Oc2cc(F)cc(F)c2)cn1)[C@@H]1CCCN1.[HH]. The molecule has 1 aromatic heterocycles. The first-order chi connectivity index (χ1) is 11.1. The monoisotopic (exact) mass is 319 g/mol. The smallest absolute Gasteiger partial charge is 0.145 e. The Labute approximate surface area is 134 Å². The molecule has 4 nitrogen and oxygen atoms in total. The fourth-order valence-electron chi connectivity index (χ4n) is 2.47. The molecule has 1 saturated heterocycles. The highest BCUT2D eigenvalue weighted by Gasteiger charge is 2.17. The highest BCUT2D eigenvalue weighted by Crippen LogP contribution is 2.24. The molecule has 0 radical (unpaired) electrons. The second-order valence-corrected chi connectivity index (χ2v) is 5.39. The molecule has 1 aliphatic heterocycles. The summed E-state index contributed by atoms with van der Waals surface area (Å²) in [6.45, 7) is 5.01. The van der Waals surface area contributed by atoms with E-state index in [9.17, 15) is 8.78 Å². The standard InChI is InChI=1S/C17H17F2N3O.H2/c1-11(16-3-2-6-20-16)22-17-5-4-14(10-21-17)23-15-8-12(18)7-13(19)9-15;/h4-5,7-10,16,20H,1-3,6H2,(H,21,22);1H/t16-;/m0./s1. The number of hydrogen-bond acceptors (Lipinski definition) is 4. The minimum Gasteiger partial charge on any atom is -0.456 e. The fraction of sp³-hybridized carbons (Fsp3) is 0.235. The molecule has 122 valence electrons. The summed E-state index contributed by atoms with van der Waals surface area (Å²) in [5, 5.41) is 6.50. The molecule has 1 fully saturated rings. The van der Waals surface area contributed by atoms with Crippen LogP contribution in [0.15, 0.2) is 48.8 Å². The molecular formula is C17H19F2N3O. The Morgan fingerprint density at radius 3 is 2.65 bits per heavy atom. The molecule has 1 aromatic carbocycles. The van der Waals surface area contributed by atoms with Crippen molar-refractivity contribution >= 4 is 5.82 Å². The molecule has 2 aromatic rings. The maximum Gasteiger partial charge on any atom is 0.145 e. The van der Waals surface area contributed by atoms with Crippen molar-refractivity contribution in [3.05, 3.63) is 60.4 Å². The quantitative estimate of drug-likeness (QED) is 0.872. The summed E-state index contributed by atoms with van der Waals surface area (Å²) in [4.78, 5) is 4.22. The molecule has 0 unspecified atom stereocenters. The van der Waals surface area contributed by atoms with Gasteiger partial charge in [0.25, 0.3) is 0 Å². The maximum atomic E-state index is 13.1. The van der Waals surface area contributed by atoms with E-state index in [1.807, 2.05) is 0 Å². The summed E-state index contributed by atoms with van der Waals surface area (Å²) in [7, 11) is 0. The third-order valence-electron chi connectivity index (χ3n) is 3.58. The Balaban J connectivity index is 0.00000208. The van der Waals surface area contributed by atoms with Gasteiger partial charge in [-0.1, -0.05) is 6.58 Å². The summed E-state index contributed by atoms with van der Waals surface area (Å²) < 4.78 is 31.6. The molecule has 1 aliphatic rings. The average molecular weight is 319 g/mol. The van der Waals surface area contributed by atoms with Crippen LogP contribution in [0.1, 0.15) is 14.3 Å². The van der Waals surface area contributed by atoms with E-state index in [2.05, 4.69) is 22.2 Å². The van der Waals surface area contributed by atoms with Gasteiger partial charge in [-0.25, -0.2) is 13.8 Å². The van der Waals surface area contributed by atoms with Crippen molar-refractivity contribution < 1.29 is 14.9 Å². The number of nitrogens with one attached hydrogen (secondary N) is 2. The lowest BCUT2D eigenvalue weighted by molar-refractivity contribution is 0.466. The van der Waals surface area contributed by atoms with Crippen molar-refractivity contribution in [2.45, 2.75) is 18.9 Å². The van der Waals surface area contributed by atoms with Crippen LogP contribution >= 0.6 is 0 Å². The lowest BCUT2D eigenvalue weighted by Crippen LogP contribution is -2.26. The molecule has 3 rings (SSSR count). The van der Waals surface area contributed by atoms with Crippen LogP contribution in [0.5, 0.6) is 11.5 Å². The molecule has 1 atom stereocenters. The zero-order valence-electron chi connectivity index (χ0n) is 12.5. The van der Waals surface area contributed by atoms with E-state index in [1.165, 1.54) is 6.20 Å². The van der Waals surface area contributed by atoms with Gasteiger partial charge in [0.2, 0.25) is 0 Å². The highest BCUT2D eigenvalue weighted by atomic mass is 19.1. The Bertz CT molecular complexity index is 683. The normalized spacial score (nSPS) is 17.0. The van der Waals surface area contributed by atoms with Gasteiger partial charge in [0, 0.05) is 31.4 Å². The highest BCUT2D eigenvalue weighted by molar-refractivity contribution is 5.44. The largest absolute Gasteiger partial charge is 0.456 e. The molecule has 2 N–H and O–H groups in total. The molecule has 0 aliphatic carbocycles. The third-order valence-corrected chi connectivity index (χ3v) is 3.58. The summed E-state index contributed by atoms with van der Waals surface area (Å²) >= 11 is 0. The molecule has 0 saturated carbocycles. The van der Waals surface area contributed by atoms with Crippen molar-refractivity contribution in [1.29, 1.82) is 0 Å². The van der Waals surface area contributed by atoms with Crippen LogP contribution in [0.3, 0.4) is 0 Å². The van der Waals surface area contributed by atoms with Crippen molar-refractivity contribution in [2.75, 3.05) is 11.9 Å². The summed E-state index contributed by atoms with van der Waals surface area (Å²) in [5.74, 6) is -0.255. The maximum absolute atomic E-state index is 13.1. The number of pyridine rings is 1. The van der Waals surface area contributed by atoms with E-state index >= 15 is 0 Å². The van der Waals surface area contributed by atoms with Gasteiger partial charge in [-0.05, 0) is 31.5 Å². The molecular weight excluding hydrogens is 300 g/mol. The van der Waals surface area contributed by atoms with E-state index in [-0.39, 0.29) is 13.2 Å². The van der Waals surface area contributed by atoms with Gasteiger partial charge >= 0.3 is 0 Å². The second-order valence-electron chi connectivity index (χ2n) is 5.39. The molecule has 23 heavy (non-hydrogen) atoms. The predicted molar refractivity (Wildman–Crippen MR) is 86.6 cm³/mol. The topological polar surface area (TPSA) is 46.2 Å². The zero-order valence-corrected chi connectivity index (χ0v) is 12.5. The van der Waals surface area contributed by atoms with E-state index in [1.54, 1.807) is 12.1 Å². The lowest BCUT2D eigenvalue weighted by atomic mass is 10.2. The van der Waals surface area contributed by atoms with Gasteiger partial charge in [-0.2, -0.15) is 0 Å². The van der Waals surface area contributed by atoms with Gasteiger partial charge < -0.3 is 15.4 Å². The van der Waals surface area contributed by atoms with Crippen LogP contribution in [0.25, 0.3) is 0 Å².